The molecule has 13 heteroatoms. The first kappa shape index (κ1) is 32.9. The predicted molar refractivity (Wildman–Crippen MR) is 185 cm³/mol. The molecule has 254 valence electrons. The van der Waals surface area contributed by atoms with E-state index < -0.39 is 5.82 Å². The van der Waals surface area contributed by atoms with Crippen LogP contribution in [0.25, 0.3) is 22.5 Å². The van der Waals surface area contributed by atoms with Gasteiger partial charge < -0.3 is 26.0 Å². The van der Waals surface area contributed by atoms with Gasteiger partial charge in [-0.15, -0.1) is 0 Å². The summed E-state index contributed by atoms with van der Waals surface area (Å²) >= 11 is 7.02. The number of amides is 2. The Morgan fingerprint density at radius 3 is 2.65 bits per heavy atom. The van der Waals surface area contributed by atoms with Crippen molar-refractivity contribution < 1.29 is 18.7 Å². The van der Waals surface area contributed by atoms with Crippen LogP contribution in [0.1, 0.15) is 36.0 Å². The molecule has 7 rings (SSSR count). The Kier molecular flexibility index (Phi) is 9.19. The molecule has 49 heavy (non-hydrogen) atoms. The molecule has 0 aliphatic carbocycles. The number of ether oxygens (including phenoxy) is 1. The standard InChI is InChI=1S/C36H38ClFN8O3/c1-21-25(4-3-5-27(21)44-34-32(38)23(10-12-41-34)17-46-19-36(20-46)14-30(48)42-18-36)33-31(37)26(11-13-40-33)28-8-6-22(35(45-28)49-2)15-39-16-24-7-9-29(47)43-24/h3-6,8,10-13,24,39H,7,9,14-20H2,1-2H3,(H,41,44)(H,42,48)(H,43,47)/t24-/m0/s1. The Balaban J connectivity index is 1.07. The Morgan fingerprint density at radius 1 is 1.06 bits per heavy atom. The lowest BCUT2D eigenvalue weighted by atomic mass is 9.79. The molecule has 3 fully saturated rings. The molecule has 0 bridgehead atoms. The lowest BCUT2D eigenvalue weighted by molar-refractivity contribution is -0.121. The van der Waals surface area contributed by atoms with Crippen LogP contribution in [0, 0.1) is 18.2 Å². The molecule has 4 N–H and O–H groups in total. The van der Waals surface area contributed by atoms with Crippen LogP contribution < -0.4 is 26.0 Å². The highest BCUT2D eigenvalue weighted by molar-refractivity contribution is 6.35. The van der Waals surface area contributed by atoms with Gasteiger partial charge in [-0.1, -0.05) is 29.8 Å². The minimum absolute atomic E-state index is 0.0222. The summed E-state index contributed by atoms with van der Waals surface area (Å²) in [4.78, 5) is 39.0. The third-order valence-electron chi connectivity index (χ3n) is 9.61. The number of pyridine rings is 3. The van der Waals surface area contributed by atoms with Crippen molar-refractivity contribution in [3.63, 3.8) is 0 Å². The van der Waals surface area contributed by atoms with Gasteiger partial charge in [-0.3, -0.25) is 19.5 Å². The van der Waals surface area contributed by atoms with Gasteiger partial charge in [-0.2, -0.15) is 0 Å². The number of carbonyl (C=O) groups is 2. The van der Waals surface area contributed by atoms with E-state index in [0.29, 0.717) is 78.1 Å². The number of likely N-dealkylation sites (tertiary alicyclic amines) is 1. The topological polar surface area (TPSA) is 133 Å². The third kappa shape index (κ3) is 6.81. The second-order valence-corrected chi connectivity index (χ2v) is 13.5. The average molecular weight is 685 g/mol. The smallest absolute Gasteiger partial charge is 0.220 e. The number of hydrogen-bond donors (Lipinski definition) is 4. The maximum atomic E-state index is 15.7. The Bertz CT molecular complexity index is 1920. The summed E-state index contributed by atoms with van der Waals surface area (Å²) in [6.07, 6.45) is 5.22. The number of nitrogens with one attached hydrogen (secondary N) is 4. The molecular formula is C36H38ClFN8O3. The van der Waals surface area contributed by atoms with Crippen LogP contribution in [0.4, 0.5) is 15.9 Å². The zero-order valence-corrected chi connectivity index (χ0v) is 28.2. The van der Waals surface area contributed by atoms with Crippen molar-refractivity contribution >= 4 is 34.9 Å². The molecule has 1 spiro atoms. The van der Waals surface area contributed by atoms with Crippen LogP contribution in [0.2, 0.25) is 5.02 Å². The number of halogens is 2. The number of methoxy groups -OCH3 is 1. The van der Waals surface area contributed by atoms with Gasteiger partial charge in [-0.25, -0.2) is 14.4 Å². The van der Waals surface area contributed by atoms with Crippen molar-refractivity contribution in [3.8, 4) is 28.4 Å². The number of benzene rings is 1. The van der Waals surface area contributed by atoms with E-state index in [4.69, 9.17) is 21.3 Å². The molecule has 4 aromatic rings. The fraction of sp³-hybridized carbons (Fsp3) is 0.361. The molecule has 0 unspecified atom stereocenters. The normalized spacial score (nSPS) is 18.3. The van der Waals surface area contributed by atoms with Gasteiger partial charge in [0.2, 0.25) is 17.7 Å². The van der Waals surface area contributed by atoms with Crippen LogP contribution in [0.5, 0.6) is 5.88 Å². The summed E-state index contributed by atoms with van der Waals surface area (Å²) in [6, 6.07) is 13.2. The number of anilines is 2. The Labute approximate surface area is 289 Å². The largest absolute Gasteiger partial charge is 0.481 e. The summed E-state index contributed by atoms with van der Waals surface area (Å²) in [5.41, 5.74) is 5.60. The number of aromatic nitrogens is 3. The number of rotatable bonds is 11. The SMILES string of the molecule is COc1nc(-c2ccnc(-c3cccc(Nc4nccc(CN5CC6(CNC(=O)C6)C5)c4F)c3C)c2Cl)ccc1CNC[C@@H]1CCC(=O)N1. The minimum Gasteiger partial charge on any atom is -0.481 e. The highest BCUT2D eigenvalue weighted by Crippen LogP contribution is 2.40. The first-order chi connectivity index (χ1) is 23.7. The van der Waals surface area contributed by atoms with Gasteiger partial charge in [0.05, 0.1) is 23.5 Å². The first-order valence-corrected chi connectivity index (χ1v) is 16.8. The molecule has 1 atom stereocenters. The zero-order valence-electron chi connectivity index (χ0n) is 27.4. The molecule has 11 nitrogen and oxygen atoms in total. The van der Waals surface area contributed by atoms with Gasteiger partial charge in [0.1, 0.15) is 0 Å². The van der Waals surface area contributed by atoms with Crippen molar-refractivity contribution in [2.75, 3.05) is 38.6 Å². The van der Waals surface area contributed by atoms with Crippen LogP contribution in [-0.2, 0) is 22.7 Å². The molecule has 3 aliphatic rings. The molecule has 0 saturated carbocycles. The number of hydrogen-bond acceptors (Lipinski definition) is 9. The summed E-state index contributed by atoms with van der Waals surface area (Å²) in [6.45, 7) is 5.78. The average Bonchev–Trinajstić information content (AvgIpc) is 3.69. The maximum Gasteiger partial charge on any atom is 0.220 e. The summed E-state index contributed by atoms with van der Waals surface area (Å²) < 4.78 is 21.4. The van der Waals surface area contributed by atoms with Gasteiger partial charge in [-0.05, 0) is 43.2 Å². The monoisotopic (exact) mass is 684 g/mol. The summed E-state index contributed by atoms with van der Waals surface area (Å²) in [5, 5.41) is 12.9. The molecule has 6 heterocycles. The van der Waals surface area contributed by atoms with Crippen LogP contribution in [0.15, 0.2) is 54.9 Å². The summed E-state index contributed by atoms with van der Waals surface area (Å²) in [5.74, 6) is 0.389. The first-order valence-electron chi connectivity index (χ1n) is 16.4. The quantitative estimate of drug-likeness (QED) is 0.177. The van der Waals surface area contributed by atoms with Gasteiger partial charge >= 0.3 is 0 Å². The maximum absolute atomic E-state index is 15.7. The highest BCUT2D eigenvalue weighted by Gasteiger charge is 2.48. The lowest BCUT2D eigenvalue weighted by Gasteiger charge is -2.47. The number of carbonyl (C=O) groups excluding carboxylic acids is 2. The van der Waals surface area contributed by atoms with Gasteiger partial charge in [0, 0.05) is 104 Å². The van der Waals surface area contributed by atoms with E-state index in [-0.39, 0.29) is 29.1 Å². The second kappa shape index (κ2) is 13.7. The van der Waals surface area contributed by atoms with E-state index in [9.17, 15) is 9.59 Å². The molecular weight excluding hydrogens is 647 g/mol. The van der Waals surface area contributed by atoms with Crippen molar-refractivity contribution in [2.45, 2.75) is 45.3 Å². The van der Waals surface area contributed by atoms with Crippen LogP contribution >= 0.6 is 11.6 Å². The zero-order chi connectivity index (χ0) is 34.1. The number of nitrogens with zero attached hydrogens (tertiary/aromatic N) is 4. The van der Waals surface area contributed by atoms with E-state index in [2.05, 4.69) is 36.1 Å². The van der Waals surface area contributed by atoms with E-state index in [1.807, 2.05) is 43.3 Å². The van der Waals surface area contributed by atoms with Crippen LogP contribution in [-0.4, -0.2) is 71.0 Å². The minimum atomic E-state index is -0.406. The van der Waals surface area contributed by atoms with E-state index in [1.54, 1.807) is 25.6 Å². The van der Waals surface area contributed by atoms with E-state index in [0.717, 1.165) is 36.2 Å². The van der Waals surface area contributed by atoms with Crippen molar-refractivity contribution in [1.82, 2.24) is 35.8 Å². The Morgan fingerprint density at radius 2 is 1.90 bits per heavy atom. The highest BCUT2D eigenvalue weighted by atomic mass is 35.5. The third-order valence-corrected chi connectivity index (χ3v) is 9.99. The molecule has 3 aliphatic heterocycles. The molecule has 2 amide bonds. The van der Waals surface area contributed by atoms with Crippen LogP contribution in [0.3, 0.4) is 0 Å². The van der Waals surface area contributed by atoms with E-state index in [1.165, 1.54) is 0 Å². The van der Waals surface area contributed by atoms with Crippen molar-refractivity contribution in [1.29, 1.82) is 0 Å². The van der Waals surface area contributed by atoms with Gasteiger partial charge in [0.25, 0.3) is 0 Å². The van der Waals surface area contributed by atoms with Crippen molar-refractivity contribution in [2.24, 2.45) is 5.41 Å². The summed E-state index contributed by atoms with van der Waals surface area (Å²) in [7, 11) is 1.58. The fourth-order valence-corrected chi connectivity index (χ4v) is 7.36. The molecule has 3 aromatic heterocycles. The van der Waals surface area contributed by atoms with E-state index >= 15 is 4.39 Å². The lowest BCUT2D eigenvalue weighted by Crippen LogP contribution is -2.56. The molecule has 3 saturated heterocycles. The van der Waals surface area contributed by atoms with Crippen molar-refractivity contribution in [3.05, 3.63) is 82.4 Å². The predicted octanol–water partition coefficient (Wildman–Crippen LogP) is 4.75. The molecule has 1 aromatic carbocycles. The Hall–Kier alpha value is -4.65. The van der Waals surface area contributed by atoms with Gasteiger partial charge in [0.15, 0.2) is 11.6 Å². The molecule has 0 radical (unpaired) electrons. The second-order valence-electron chi connectivity index (χ2n) is 13.2. The fourth-order valence-electron chi connectivity index (χ4n) is 7.05.